The summed E-state index contributed by atoms with van der Waals surface area (Å²) >= 11 is 0. The molecule has 0 radical (unpaired) electrons. The Bertz CT molecular complexity index is 1270. The van der Waals surface area contributed by atoms with Crippen molar-refractivity contribution in [2.75, 3.05) is 31.5 Å². The van der Waals surface area contributed by atoms with Crippen molar-refractivity contribution in [3.63, 3.8) is 0 Å². The highest BCUT2D eigenvalue weighted by Gasteiger charge is 2.72. The Hall–Kier alpha value is -2.71. The molecule has 43 heavy (non-hydrogen) atoms. The Morgan fingerprint density at radius 3 is 2.51 bits per heavy atom. The third-order valence-corrected chi connectivity index (χ3v) is 11.5. The predicted octanol–water partition coefficient (Wildman–Crippen LogP) is 4.46. The highest BCUT2D eigenvalue weighted by Crippen LogP contribution is 2.55. The van der Waals surface area contributed by atoms with Gasteiger partial charge in [0.1, 0.15) is 11.6 Å². The van der Waals surface area contributed by atoms with Crippen molar-refractivity contribution in [2.45, 2.75) is 96.9 Å². The van der Waals surface area contributed by atoms with Crippen molar-refractivity contribution in [1.82, 2.24) is 15.1 Å². The fourth-order valence-electron chi connectivity index (χ4n) is 8.35. The van der Waals surface area contributed by atoms with E-state index in [9.17, 15) is 14.4 Å². The van der Waals surface area contributed by atoms with E-state index in [4.69, 9.17) is 4.74 Å². The summed E-state index contributed by atoms with van der Waals surface area (Å²) < 4.78 is 6.57. The van der Waals surface area contributed by atoms with Gasteiger partial charge in [-0.1, -0.05) is 51.8 Å². The molecule has 6 rings (SSSR count). The van der Waals surface area contributed by atoms with Crippen LogP contribution in [0.15, 0.2) is 30.4 Å². The van der Waals surface area contributed by atoms with E-state index in [0.717, 1.165) is 55.9 Å². The Labute approximate surface area is 257 Å². The molecule has 8 nitrogen and oxygen atoms in total. The summed E-state index contributed by atoms with van der Waals surface area (Å²) in [5.41, 5.74) is 1.83. The molecule has 1 aliphatic carbocycles. The van der Waals surface area contributed by atoms with Gasteiger partial charge in [0.15, 0.2) is 0 Å². The number of hydrogen-bond donors (Lipinski definition) is 2. The minimum absolute atomic E-state index is 0.0745. The molecule has 0 aromatic heterocycles. The lowest BCUT2D eigenvalue weighted by molar-refractivity contribution is -0.141. The van der Waals surface area contributed by atoms with Gasteiger partial charge in [0, 0.05) is 18.3 Å². The number of nitrogens with zero attached hydrogens (tertiary/aromatic N) is 2. The molecule has 2 N–H and O–H groups in total. The average Bonchev–Trinajstić information content (AvgIpc) is 3.62. The van der Waals surface area contributed by atoms with Gasteiger partial charge in [-0.15, -0.1) is 0 Å². The number of piperidine rings is 1. The van der Waals surface area contributed by atoms with E-state index in [1.54, 1.807) is 4.90 Å². The number of carbonyl (C=O) groups is 3. The van der Waals surface area contributed by atoms with Gasteiger partial charge in [-0.25, -0.2) is 0 Å². The molecule has 1 aromatic rings. The molecule has 4 heterocycles. The van der Waals surface area contributed by atoms with Crippen LogP contribution in [0.5, 0.6) is 0 Å². The van der Waals surface area contributed by atoms with Gasteiger partial charge in [0.25, 0.3) is 0 Å². The molecule has 3 amide bonds. The Morgan fingerprint density at radius 1 is 1.00 bits per heavy atom. The number of likely N-dealkylation sites (tertiary alicyclic amines) is 2. The smallest absolute Gasteiger partial charge is 0.246 e. The summed E-state index contributed by atoms with van der Waals surface area (Å²) in [5.74, 6) is -0.241. The normalized spacial score (nSPS) is 35.8. The van der Waals surface area contributed by atoms with E-state index in [1.165, 1.54) is 19.3 Å². The molecule has 4 aliphatic heterocycles. The Kier molecular flexibility index (Phi) is 8.46. The van der Waals surface area contributed by atoms with Crippen LogP contribution < -0.4 is 10.6 Å². The minimum atomic E-state index is -1.12. The first-order chi connectivity index (χ1) is 20.6. The van der Waals surface area contributed by atoms with Crippen molar-refractivity contribution in [3.05, 3.63) is 41.5 Å². The maximum absolute atomic E-state index is 14.3. The van der Waals surface area contributed by atoms with Gasteiger partial charge in [0.05, 0.1) is 17.9 Å². The van der Waals surface area contributed by atoms with Crippen molar-refractivity contribution in [3.8, 4) is 0 Å². The van der Waals surface area contributed by atoms with Crippen molar-refractivity contribution in [1.29, 1.82) is 0 Å². The molecule has 2 bridgehead atoms. The van der Waals surface area contributed by atoms with Gasteiger partial charge in [-0.05, 0) is 100 Å². The number of nitrogens with one attached hydrogen (secondary N) is 2. The Morgan fingerprint density at radius 2 is 1.77 bits per heavy atom. The fourth-order valence-corrected chi connectivity index (χ4v) is 8.35. The summed E-state index contributed by atoms with van der Waals surface area (Å²) in [6, 6.07) is 5.14. The standard InChI is InChI=1S/C35H50N4O4/c1-21-13-18-38(19-14-21)16-7-17-39-31(33(41)37-27-9-6-8-23(3)25(27)5)35-15-12-28(43-35)29(30(35)34(39)42)32(40)36-26-11-10-22(2)24(4)20-26/h10-12,15,20-21,23,25,27-31H,6-9,13-14,16-19H2,1-5H3,(H,36,40)(H,37,41)/t23-,25+,27+,28-,29+,30-,31-,35-/m0/s1. The van der Waals surface area contributed by atoms with Crippen LogP contribution in [-0.4, -0.2) is 77.5 Å². The fraction of sp³-hybridized carbons (Fsp3) is 0.686. The van der Waals surface area contributed by atoms with Gasteiger partial charge in [0.2, 0.25) is 17.7 Å². The van der Waals surface area contributed by atoms with Gasteiger partial charge in [-0.2, -0.15) is 0 Å². The highest BCUT2D eigenvalue weighted by atomic mass is 16.5. The molecule has 8 atom stereocenters. The van der Waals surface area contributed by atoms with Crippen LogP contribution in [0.25, 0.3) is 0 Å². The molecule has 1 saturated carbocycles. The molecule has 3 saturated heterocycles. The van der Waals surface area contributed by atoms with E-state index in [2.05, 4.69) is 36.3 Å². The second kappa shape index (κ2) is 12.0. The maximum Gasteiger partial charge on any atom is 0.246 e. The summed E-state index contributed by atoms with van der Waals surface area (Å²) in [5, 5.41) is 6.42. The summed E-state index contributed by atoms with van der Waals surface area (Å²) in [7, 11) is 0. The number of hydrogen-bond acceptors (Lipinski definition) is 5. The van der Waals surface area contributed by atoms with E-state index in [0.29, 0.717) is 24.1 Å². The van der Waals surface area contributed by atoms with E-state index in [1.807, 2.05) is 44.2 Å². The zero-order valence-electron chi connectivity index (χ0n) is 26.6. The van der Waals surface area contributed by atoms with Crippen LogP contribution in [0.2, 0.25) is 0 Å². The topological polar surface area (TPSA) is 91.0 Å². The summed E-state index contributed by atoms with van der Waals surface area (Å²) in [6.07, 6.45) is 9.70. The molecular formula is C35H50N4O4. The van der Waals surface area contributed by atoms with Crippen LogP contribution in [0.4, 0.5) is 5.69 Å². The van der Waals surface area contributed by atoms with Gasteiger partial charge < -0.3 is 25.2 Å². The largest absolute Gasteiger partial charge is 0.359 e. The first-order valence-corrected chi connectivity index (χ1v) is 16.7. The molecule has 8 heteroatoms. The van der Waals surface area contributed by atoms with Crippen LogP contribution >= 0.6 is 0 Å². The average molecular weight is 591 g/mol. The number of rotatable bonds is 8. The lowest BCUT2D eigenvalue weighted by Gasteiger charge is -2.38. The minimum Gasteiger partial charge on any atom is -0.359 e. The zero-order valence-corrected chi connectivity index (χ0v) is 26.6. The molecule has 1 aromatic carbocycles. The second-order valence-electron chi connectivity index (χ2n) is 14.3. The first-order valence-electron chi connectivity index (χ1n) is 16.7. The van der Waals surface area contributed by atoms with Crippen LogP contribution in [0.3, 0.4) is 0 Å². The van der Waals surface area contributed by atoms with E-state index >= 15 is 0 Å². The second-order valence-corrected chi connectivity index (χ2v) is 14.3. The number of amides is 3. The third kappa shape index (κ3) is 5.54. The van der Waals surface area contributed by atoms with Crippen LogP contribution in [0, 0.1) is 43.4 Å². The number of carbonyl (C=O) groups excluding carboxylic acids is 3. The molecule has 5 aliphatic rings. The SMILES string of the molecule is Cc1ccc(NC(=O)[C@@H]2[C@@H]3C=C[C@]4(O3)[C@@H]2C(=O)N(CCCN2CCC(C)CC2)[C@H]4C(=O)N[C@@H]2CCC[C@H](C)[C@H]2C)cc1C. The van der Waals surface area contributed by atoms with E-state index < -0.39 is 29.6 Å². The van der Waals surface area contributed by atoms with Crippen LogP contribution in [0.1, 0.15) is 70.4 Å². The molecule has 0 unspecified atom stereocenters. The highest BCUT2D eigenvalue weighted by molar-refractivity contribution is 6.02. The summed E-state index contributed by atoms with van der Waals surface area (Å²) in [6.45, 7) is 14.4. The zero-order chi connectivity index (χ0) is 30.5. The van der Waals surface area contributed by atoms with Crippen LogP contribution in [-0.2, 0) is 19.1 Å². The van der Waals surface area contributed by atoms with Gasteiger partial charge in [-0.3, -0.25) is 14.4 Å². The van der Waals surface area contributed by atoms with Gasteiger partial charge >= 0.3 is 0 Å². The Balaban J connectivity index is 1.24. The van der Waals surface area contributed by atoms with Crippen molar-refractivity contribution >= 4 is 23.4 Å². The molecular weight excluding hydrogens is 540 g/mol. The number of ether oxygens (including phenoxy) is 1. The lowest BCUT2D eigenvalue weighted by Crippen LogP contribution is -2.58. The number of benzene rings is 1. The molecule has 4 fully saturated rings. The quantitative estimate of drug-likeness (QED) is 0.437. The lowest BCUT2D eigenvalue weighted by atomic mass is 9.73. The number of anilines is 1. The number of fused-ring (bicyclic) bond motifs is 1. The molecule has 234 valence electrons. The third-order valence-electron chi connectivity index (χ3n) is 11.5. The predicted molar refractivity (Wildman–Crippen MR) is 167 cm³/mol. The maximum atomic E-state index is 14.3. The number of aryl methyl sites for hydroxylation is 2. The van der Waals surface area contributed by atoms with Crippen molar-refractivity contribution in [2.24, 2.45) is 29.6 Å². The van der Waals surface area contributed by atoms with E-state index in [-0.39, 0.29) is 23.8 Å². The monoisotopic (exact) mass is 590 g/mol. The first kappa shape index (κ1) is 30.3. The summed E-state index contributed by atoms with van der Waals surface area (Å²) in [4.78, 5) is 46.6. The molecule has 1 spiro atoms. The van der Waals surface area contributed by atoms with Crippen molar-refractivity contribution < 1.29 is 19.1 Å².